The zero-order chi connectivity index (χ0) is 13.7. The molecule has 1 amide bonds. The number of nitrogens with two attached hydrogens (primary N) is 1. The zero-order valence-corrected chi connectivity index (χ0v) is 11.6. The summed E-state index contributed by atoms with van der Waals surface area (Å²) in [5, 5.41) is 0. The van der Waals surface area contributed by atoms with Gasteiger partial charge in [0.1, 0.15) is 0 Å². The van der Waals surface area contributed by atoms with E-state index in [1.54, 1.807) is 6.20 Å². The molecule has 1 heterocycles. The molecular weight excluding hydrogens is 238 g/mol. The minimum absolute atomic E-state index is 0.0702. The molecule has 2 rings (SSSR count). The van der Waals surface area contributed by atoms with Crippen molar-refractivity contribution in [2.45, 2.75) is 45.2 Å². The normalized spacial score (nSPS) is 16.1. The van der Waals surface area contributed by atoms with E-state index in [1.807, 2.05) is 30.2 Å². The lowest BCUT2D eigenvalue weighted by Gasteiger charge is -2.25. The largest absolute Gasteiger partial charge is 0.335 e. The van der Waals surface area contributed by atoms with Gasteiger partial charge in [0.15, 0.2) is 0 Å². The average molecular weight is 261 g/mol. The topological polar surface area (TPSA) is 59.2 Å². The number of rotatable bonds is 7. The van der Waals surface area contributed by atoms with Gasteiger partial charge in [0.2, 0.25) is 5.91 Å². The molecule has 1 aromatic rings. The third-order valence-corrected chi connectivity index (χ3v) is 3.61. The second-order valence-electron chi connectivity index (χ2n) is 5.39. The van der Waals surface area contributed by atoms with E-state index in [1.165, 1.54) is 0 Å². The maximum Gasteiger partial charge on any atom is 0.225 e. The number of nitrogens with zero attached hydrogens (tertiary/aromatic N) is 2. The van der Waals surface area contributed by atoms with E-state index >= 15 is 0 Å². The van der Waals surface area contributed by atoms with E-state index in [-0.39, 0.29) is 11.8 Å². The van der Waals surface area contributed by atoms with Crippen LogP contribution in [0.15, 0.2) is 24.5 Å². The van der Waals surface area contributed by atoms with Crippen LogP contribution in [0.1, 0.15) is 38.2 Å². The average Bonchev–Trinajstić information content (AvgIpc) is 3.27. The molecule has 0 saturated heterocycles. The summed E-state index contributed by atoms with van der Waals surface area (Å²) in [7, 11) is 0. The molecule has 0 bridgehead atoms. The van der Waals surface area contributed by atoms with E-state index in [2.05, 4.69) is 4.98 Å². The third kappa shape index (κ3) is 4.03. The lowest BCUT2D eigenvalue weighted by molar-refractivity contribution is -0.136. The van der Waals surface area contributed by atoms with Crippen molar-refractivity contribution in [2.75, 3.05) is 6.54 Å². The second kappa shape index (κ2) is 6.66. The fourth-order valence-electron chi connectivity index (χ4n) is 2.29. The Morgan fingerprint density at radius 3 is 2.95 bits per heavy atom. The zero-order valence-electron chi connectivity index (χ0n) is 11.6. The molecule has 4 heteroatoms. The van der Waals surface area contributed by atoms with Gasteiger partial charge in [-0.25, -0.2) is 0 Å². The number of hydrogen-bond acceptors (Lipinski definition) is 3. The standard InChI is InChI=1S/C15H23N3O/c1-12(4-2-8-16)15(19)18(14-6-7-14)11-13-5-3-9-17-10-13/h3,5,9-10,12,14H,2,4,6-8,11,16H2,1H3. The van der Waals surface area contributed by atoms with Crippen LogP contribution in [0, 0.1) is 5.92 Å². The molecule has 1 unspecified atom stereocenters. The SMILES string of the molecule is CC(CCCN)C(=O)N(Cc1cccnc1)C1CC1. The predicted octanol–water partition coefficient (Wildman–Crippen LogP) is 1.95. The molecule has 1 fully saturated rings. The molecule has 1 aromatic heterocycles. The summed E-state index contributed by atoms with van der Waals surface area (Å²) in [5.74, 6) is 0.334. The van der Waals surface area contributed by atoms with Crippen molar-refractivity contribution >= 4 is 5.91 Å². The Hall–Kier alpha value is -1.42. The van der Waals surface area contributed by atoms with Crippen molar-refractivity contribution in [3.63, 3.8) is 0 Å². The summed E-state index contributed by atoms with van der Waals surface area (Å²) in [6.45, 7) is 3.35. The summed E-state index contributed by atoms with van der Waals surface area (Å²) < 4.78 is 0. The van der Waals surface area contributed by atoms with E-state index in [0.717, 1.165) is 31.2 Å². The van der Waals surface area contributed by atoms with Crippen molar-refractivity contribution < 1.29 is 4.79 Å². The molecule has 19 heavy (non-hydrogen) atoms. The maximum atomic E-state index is 12.5. The van der Waals surface area contributed by atoms with Gasteiger partial charge in [-0.05, 0) is 43.9 Å². The molecule has 0 spiro atoms. The predicted molar refractivity (Wildman–Crippen MR) is 75.3 cm³/mol. The first kappa shape index (κ1) is 14.0. The van der Waals surface area contributed by atoms with Crippen molar-refractivity contribution in [1.29, 1.82) is 0 Å². The van der Waals surface area contributed by atoms with Gasteiger partial charge in [-0.15, -0.1) is 0 Å². The van der Waals surface area contributed by atoms with Crippen molar-refractivity contribution in [3.05, 3.63) is 30.1 Å². The van der Waals surface area contributed by atoms with E-state index in [0.29, 0.717) is 19.1 Å². The smallest absolute Gasteiger partial charge is 0.225 e. The van der Waals surface area contributed by atoms with Crippen LogP contribution in [0.2, 0.25) is 0 Å². The highest BCUT2D eigenvalue weighted by Gasteiger charge is 2.34. The van der Waals surface area contributed by atoms with Gasteiger partial charge in [0.05, 0.1) is 0 Å². The fourth-order valence-corrected chi connectivity index (χ4v) is 2.29. The summed E-state index contributed by atoms with van der Waals surface area (Å²) in [6, 6.07) is 4.39. The Kier molecular flexibility index (Phi) is 4.91. The number of carbonyl (C=O) groups excluding carboxylic acids is 1. The van der Waals surface area contributed by atoms with Gasteiger partial charge < -0.3 is 10.6 Å². The summed E-state index contributed by atoms with van der Waals surface area (Å²) in [6.07, 6.45) is 7.67. The van der Waals surface area contributed by atoms with Gasteiger partial charge in [-0.2, -0.15) is 0 Å². The molecule has 1 saturated carbocycles. The van der Waals surface area contributed by atoms with Crippen LogP contribution >= 0.6 is 0 Å². The highest BCUT2D eigenvalue weighted by atomic mass is 16.2. The Morgan fingerprint density at radius 1 is 1.58 bits per heavy atom. The van der Waals surface area contributed by atoms with Crippen molar-refractivity contribution in [1.82, 2.24) is 9.88 Å². The summed E-state index contributed by atoms with van der Waals surface area (Å²) in [5.41, 5.74) is 6.62. The molecule has 1 aliphatic rings. The first-order valence-electron chi connectivity index (χ1n) is 7.12. The van der Waals surface area contributed by atoms with Gasteiger partial charge >= 0.3 is 0 Å². The molecule has 4 nitrogen and oxygen atoms in total. The number of carbonyl (C=O) groups is 1. The summed E-state index contributed by atoms with van der Waals surface area (Å²) in [4.78, 5) is 18.6. The lowest BCUT2D eigenvalue weighted by atomic mass is 10.0. The first-order valence-corrected chi connectivity index (χ1v) is 7.12. The van der Waals surface area contributed by atoms with E-state index < -0.39 is 0 Å². The molecule has 2 N–H and O–H groups in total. The van der Waals surface area contributed by atoms with Crippen LogP contribution in [0.3, 0.4) is 0 Å². The van der Waals surface area contributed by atoms with Crippen LogP contribution in [0.5, 0.6) is 0 Å². The van der Waals surface area contributed by atoms with E-state index in [4.69, 9.17) is 5.73 Å². The molecule has 0 radical (unpaired) electrons. The summed E-state index contributed by atoms with van der Waals surface area (Å²) >= 11 is 0. The molecule has 104 valence electrons. The number of hydrogen-bond donors (Lipinski definition) is 1. The minimum Gasteiger partial charge on any atom is -0.335 e. The Morgan fingerprint density at radius 2 is 2.37 bits per heavy atom. The number of amides is 1. The maximum absolute atomic E-state index is 12.5. The van der Waals surface area contributed by atoms with Crippen molar-refractivity contribution in [3.8, 4) is 0 Å². The molecule has 0 aromatic carbocycles. The second-order valence-corrected chi connectivity index (χ2v) is 5.39. The van der Waals surface area contributed by atoms with Gasteiger partial charge in [0, 0.05) is 30.9 Å². The van der Waals surface area contributed by atoms with Gasteiger partial charge in [-0.1, -0.05) is 13.0 Å². The fraction of sp³-hybridized carbons (Fsp3) is 0.600. The molecule has 0 aliphatic heterocycles. The van der Waals surface area contributed by atoms with Crippen LogP contribution in [-0.4, -0.2) is 28.4 Å². The lowest BCUT2D eigenvalue weighted by Crippen LogP contribution is -2.36. The highest BCUT2D eigenvalue weighted by Crippen LogP contribution is 2.30. The highest BCUT2D eigenvalue weighted by molar-refractivity contribution is 5.79. The number of aromatic nitrogens is 1. The van der Waals surface area contributed by atoms with Gasteiger partial charge in [-0.3, -0.25) is 9.78 Å². The Balaban J connectivity index is 1.97. The van der Waals surface area contributed by atoms with Crippen LogP contribution in [0.4, 0.5) is 0 Å². The van der Waals surface area contributed by atoms with Crippen molar-refractivity contribution in [2.24, 2.45) is 11.7 Å². The third-order valence-electron chi connectivity index (χ3n) is 3.61. The van der Waals surface area contributed by atoms with Gasteiger partial charge in [0.25, 0.3) is 0 Å². The van der Waals surface area contributed by atoms with E-state index in [9.17, 15) is 4.79 Å². The Labute approximate surface area is 115 Å². The number of pyridine rings is 1. The Bertz CT molecular complexity index is 403. The molecular formula is C15H23N3O. The first-order chi connectivity index (χ1) is 9.22. The molecule has 1 atom stereocenters. The van der Waals surface area contributed by atoms with Crippen LogP contribution < -0.4 is 5.73 Å². The quantitative estimate of drug-likeness (QED) is 0.816. The van der Waals surface area contributed by atoms with Crippen LogP contribution in [0.25, 0.3) is 0 Å². The minimum atomic E-state index is 0.0702. The van der Waals surface area contributed by atoms with Crippen LogP contribution in [-0.2, 0) is 11.3 Å². The monoisotopic (exact) mass is 261 g/mol. The molecule has 1 aliphatic carbocycles.